The third-order valence-corrected chi connectivity index (χ3v) is 3.13. The Bertz CT molecular complexity index is 356. The van der Waals surface area contributed by atoms with E-state index < -0.39 is 28.3 Å². The molecule has 0 aromatic carbocycles. The van der Waals surface area contributed by atoms with Crippen LogP contribution in [0.2, 0.25) is 0 Å². The minimum absolute atomic E-state index is 0.237. The van der Waals surface area contributed by atoms with Crippen LogP contribution in [0.4, 0.5) is 0 Å². The molecule has 1 aliphatic rings. The second kappa shape index (κ2) is 3.70. The molecule has 1 heterocycles. The lowest BCUT2D eigenvalue weighted by Crippen LogP contribution is -2.27. The van der Waals surface area contributed by atoms with Crippen molar-refractivity contribution in [3.63, 3.8) is 0 Å². The van der Waals surface area contributed by atoms with Gasteiger partial charge in [0.1, 0.15) is 18.0 Å². The summed E-state index contributed by atoms with van der Waals surface area (Å²) < 4.78 is 31.4. The lowest BCUT2D eigenvalue weighted by atomic mass is 10.2. The van der Waals surface area contributed by atoms with Gasteiger partial charge in [-0.3, -0.25) is 4.18 Å². The van der Waals surface area contributed by atoms with Crippen LogP contribution in [0.15, 0.2) is 12.2 Å². The molecule has 0 bridgehead atoms. The van der Waals surface area contributed by atoms with Gasteiger partial charge in [0.25, 0.3) is 10.1 Å². The van der Waals surface area contributed by atoms with Gasteiger partial charge in [0.15, 0.2) is 0 Å². The van der Waals surface area contributed by atoms with Crippen LogP contribution in [0.3, 0.4) is 0 Å². The average Bonchev–Trinajstić information content (AvgIpc) is 2.24. The summed E-state index contributed by atoms with van der Waals surface area (Å²) in [5.41, 5.74) is 0.237. The summed E-state index contributed by atoms with van der Waals surface area (Å²) >= 11 is 0. The third kappa shape index (κ3) is 2.55. The van der Waals surface area contributed by atoms with Gasteiger partial charge in [0.2, 0.25) is 0 Å². The number of carbonyl (C=O) groups is 1. The van der Waals surface area contributed by atoms with Gasteiger partial charge in [0, 0.05) is 5.57 Å². The van der Waals surface area contributed by atoms with Crippen molar-refractivity contribution in [3.05, 3.63) is 12.2 Å². The minimum Gasteiger partial charge on any atom is -0.455 e. The number of hydrogen-bond acceptors (Lipinski definition) is 5. The molecule has 2 atom stereocenters. The summed E-state index contributed by atoms with van der Waals surface area (Å²) in [7, 11) is -3.52. The van der Waals surface area contributed by atoms with Gasteiger partial charge >= 0.3 is 5.97 Å². The topological polar surface area (TPSA) is 69.7 Å². The smallest absolute Gasteiger partial charge is 0.333 e. The minimum atomic E-state index is -3.52. The van der Waals surface area contributed by atoms with Crippen molar-refractivity contribution in [1.29, 1.82) is 0 Å². The molecule has 1 rings (SSSR count). The second-order valence-corrected chi connectivity index (χ2v) is 4.89. The molecule has 0 saturated carbocycles. The normalized spacial score (nSPS) is 29.9. The van der Waals surface area contributed by atoms with Crippen LogP contribution in [0.1, 0.15) is 13.8 Å². The van der Waals surface area contributed by atoms with Crippen LogP contribution in [-0.2, 0) is 23.8 Å². The first-order valence-electron chi connectivity index (χ1n) is 4.09. The fraction of sp³-hybridized carbons (Fsp3) is 0.625. The van der Waals surface area contributed by atoms with Crippen LogP contribution >= 0.6 is 0 Å². The summed E-state index contributed by atoms with van der Waals surface area (Å²) in [5.74, 6) is -0.879. The van der Waals surface area contributed by atoms with Gasteiger partial charge in [-0.05, 0) is 13.8 Å². The first-order valence-corrected chi connectivity index (χ1v) is 5.67. The number of ether oxygens (including phenoxy) is 1. The molecule has 6 heteroatoms. The molecule has 0 aromatic heterocycles. The van der Waals surface area contributed by atoms with Crippen LogP contribution in [-0.4, -0.2) is 32.3 Å². The molecule has 0 aliphatic carbocycles. The molecule has 1 saturated heterocycles. The fourth-order valence-electron chi connectivity index (χ4n) is 1.04. The summed E-state index contributed by atoms with van der Waals surface area (Å²) in [4.78, 5) is 11.1. The van der Waals surface area contributed by atoms with Crippen molar-refractivity contribution in [2.24, 2.45) is 0 Å². The molecular weight excluding hydrogens is 208 g/mol. The predicted molar refractivity (Wildman–Crippen MR) is 49.0 cm³/mol. The van der Waals surface area contributed by atoms with Crippen LogP contribution in [0.25, 0.3) is 0 Å². The van der Waals surface area contributed by atoms with E-state index >= 15 is 0 Å². The highest BCUT2D eigenvalue weighted by Crippen LogP contribution is 2.19. The molecule has 0 spiro atoms. The van der Waals surface area contributed by atoms with Gasteiger partial charge in [-0.2, -0.15) is 8.42 Å². The van der Waals surface area contributed by atoms with E-state index in [0.29, 0.717) is 0 Å². The summed E-state index contributed by atoms with van der Waals surface area (Å²) in [6.07, 6.45) is -1.35. The molecule has 14 heavy (non-hydrogen) atoms. The van der Waals surface area contributed by atoms with E-state index in [9.17, 15) is 13.2 Å². The summed E-state index contributed by atoms with van der Waals surface area (Å²) in [6, 6.07) is 0. The van der Waals surface area contributed by atoms with Crippen LogP contribution in [0.5, 0.6) is 0 Å². The zero-order chi connectivity index (χ0) is 10.9. The maximum atomic E-state index is 11.1. The highest BCUT2D eigenvalue weighted by atomic mass is 32.2. The zero-order valence-electron chi connectivity index (χ0n) is 8.02. The first kappa shape index (κ1) is 11.2. The zero-order valence-corrected chi connectivity index (χ0v) is 8.83. The Labute approximate surface area is 82.8 Å². The van der Waals surface area contributed by atoms with Crippen molar-refractivity contribution >= 4 is 16.1 Å². The molecule has 2 unspecified atom stereocenters. The number of hydrogen-bond donors (Lipinski definition) is 0. The van der Waals surface area contributed by atoms with E-state index in [1.807, 2.05) is 0 Å². The van der Waals surface area contributed by atoms with Gasteiger partial charge < -0.3 is 4.74 Å². The maximum Gasteiger partial charge on any atom is 0.333 e. The van der Waals surface area contributed by atoms with Gasteiger partial charge in [-0.1, -0.05) is 6.58 Å². The SMILES string of the molecule is C=C(C)C(=O)OC1CS(=O)(=O)OC1C. The van der Waals surface area contributed by atoms with E-state index in [1.54, 1.807) is 6.92 Å². The Morgan fingerprint density at radius 2 is 2.14 bits per heavy atom. The van der Waals surface area contributed by atoms with Crippen molar-refractivity contribution in [1.82, 2.24) is 0 Å². The van der Waals surface area contributed by atoms with Crippen molar-refractivity contribution < 1.29 is 22.1 Å². The van der Waals surface area contributed by atoms with Crippen molar-refractivity contribution in [2.45, 2.75) is 26.1 Å². The molecule has 1 fully saturated rings. The average molecular weight is 220 g/mol. The molecular formula is C8H12O5S. The Hall–Kier alpha value is -0.880. The first-order chi connectivity index (χ1) is 6.32. The monoisotopic (exact) mass is 220 g/mol. The molecule has 0 aromatic rings. The Morgan fingerprint density at radius 1 is 1.57 bits per heavy atom. The standard InChI is InChI=1S/C8H12O5S/c1-5(2)8(9)12-7-4-14(10,11)13-6(7)3/h6-7H,1,4H2,2-3H3. The molecule has 1 aliphatic heterocycles. The molecule has 0 amide bonds. The van der Waals surface area contributed by atoms with E-state index in [0.717, 1.165) is 0 Å². The third-order valence-electron chi connectivity index (χ3n) is 1.80. The highest BCUT2D eigenvalue weighted by Gasteiger charge is 2.38. The van der Waals surface area contributed by atoms with Gasteiger partial charge in [-0.25, -0.2) is 4.79 Å². The summed E-state index contributed by atoms with van der Waals surface area (Å²) in [6.45, 7) is 6.43. The number of rotatable bonds is 2. The lowest BCUT2D eigenvalue weighted by Gasteiger charge is -2.12. The van der Waals surface area contributed by atoms with Crippen molar-refractivity contribution in [2.75, 3.05) is 5.75 Å². The number of esters is 1. The fourth-order valence-corrected chi connectivity index (χ4v) is 2.44. The van der Waals surface area contributed by atoms with Gasteiger partial charge in [0.05, 0.1) is 0 Å². The second-order valence-electron chi connectivity index (χ2n) is 3.25. The van der Waals surface area contributed by atoms with E-state index in [1.165, 1.54) is 6.92 Å². The summed E-state index contributed by atoms with van der Waals surface area (Å²) in [5, 5.41) is 0. The van der Waals surface area contributed by atoms with Crippen molar-refractivity contribution in [3.8, 4) is 0 Å². The maximum absolute atomic E-state index is 11.1. The molecule has 0 N–H and O–H groups in total. The Kier molecular flexibility index (Phi) is 2.96. The van der Waals surface area contributed by atoms with E-state index in [-0.39, 0.29) is 11.3 Å². The Morgan fingerprint density at radius 3 is 2.50 bits per heavy atom. The predicted octanol–water partition coefficient (Wildman–Crippen LogP) is 0.223. The Balaban J connectivity index is 2.64. The largest absolute Gasteiger partial charge is 0.455 e. The quantitative estimate of drug-likeness (QED) is 0.378. The molecule has 80 valence electrons. The molecule has 0 radical (unpaired) electrons. The van der Waals surface area contributed by atoms with E-state index in [2.05, 4.69) is 10.8 Å². The molecule has 5 nitrogen and oxygen atoms in total. The van der Waals surface area contributed by atoms with Crippen LogP contribution < -0.4 is 0 Å². The highest BCUT2D eigenvalue weighted by molar-refractivity contribution is 7.87. The van der Waals surface area contributed by atoms with Crippen LogP contribution in [0, 0.1) is 0 Å². The number of carbonyl (C=O) groups excluding carboxylic acids is 1. The lowest BCUT2D eigenvalue weighted by molar-refractivity contribution is -0.145. The van der Waals surface area contributed by atoms with Gasteiger partial charge in [-0.15, -0.1) is 0 Å². The van der Waals surface area contributed by atoms with E-state index in [4.69, 9.17) is 4.74 Å².